The standard InChI is InChI=1S/C21H22N2O3/c1-14-4-3-9-23(12-14)13-17-18(24)7-6-16-20(25)19(26-21(16)17)10-15-5-2-8-22-11-15/h2,5-8,10-11,14,24H,3-4,9,12-13H2,1H3/t14-/m1/s1. The first-order valence-corrected chi connectivity index (χ1v) is 9.03. The molecule has 1 aromatic carbocycles. The number of ketones is 1. The Labute approximate surface area is 152 Å². The highest BCUT2D eigenvalue weighted by Crippen LogP contribution is 2.40. The highest BCUT2D eigenvalue weighted by atomic mass is 16.5. The van der Waals surface area contributed by atoms with E-state index in [4.69, 9.17) is 4.74 Å². The number of Topliss-reactive ketones (excluding diaryl/α,β-unsaturated/α-hetero) is 1. The molecule has 0 saturated carbocycles. The van der Waals surface area contributed by atoms with Gasteiger partial charge in [0.2, 0.25) is 5.78 Å². The van der Waals surface area contributed by atoms with E-state index in [0.29, 0.717) is 29.3 Å². The summed E-state index contributed by atoms with van der Waals surface area (Å²) in [6.07, 6.45) is 7.45. The maximum absolute atomic E-state index is 12.7. The summed E-state index contributed by atoms with van der Waals surface area (Å²) < 4.78 is 5.90. The van der Waals surface area contributed by atoms with Gasteiger partial charge in [-0.3, -0.25) is 14.7 Å². The number of ether oxygens (including phenoxy) is 1. The Kier molecular flexibility index (Phi) is 4.47. The number of hydrogen-bond acceptors (Lipinski definition) is 5. The minimum absolute atomic E-state index is 0.155. The molecule has 0 spiro atoms. The molecule has 5 nitrogen and oxygen atoms in total. The molecule has 0 unspecified atom stereocenters. The van der Waals surface area contributed by atoms with Gasteiger partial charge < -0.3 is 9.84 Å². The molecule has 0 radical (unpaired) electrons. The first kappa shape index (κ1) is 16.8. The number of carbonyl (C=O) groups excluding carboxylic acids is 1. The summed E-state index contributed by atoms with van der Waals surface area (Å²) in [4.78, 5) is 19.1. The van der Waals surface area contributed by atoms with Crippen LogP contribution in [0.5, 0.6) is 11.5 Å². The maximum atomic E-state index is 12.7. The van der Waals surface area contributed by atoms with Gasteiger partial charge in [-0.25, -0.2) is 0 Å². The summed E-state index contributed by atoms with van der Waals surface area (Å²) >= 11 is 0. The second-order valence-corrected chi connectivity index (χ2v) is 7.15. The van der Waals surface area contributed by atoms with E-state index < -0.39 is 0 Å². The zero-order chi connectivity index (χ0) is 18.1. The van der Waals surface area contributed by atoms with Gasteiger partial charge in [0.05, 0.1) is 11.1 Å². The molecule has 1 fully saturated rings. The topological polar surface area (TPSA) is 62.7 Å². The fourth-order valence-electron chi connectivity index (χ4n) is 3.72. The molecular formula is C21H22N2O3. The second-order valence-electron chi connectivity index (χ2n) is 7.15. The number of phenolic OH excluding ortho intramolecular Hbond substituents is 1. The number of hydrogen-bond donors (Lipinski definition) is 1. The molecule has 1 atom stereocenters. The summed E-state index contributed by atoms with van der Waals surface area (Å²) in [5, 5.41) is 10.4. The van der Waals surface area contributed by atoms with Crippen LogP contribution in [-0.4, -0.2) is 33.9 Å². The summed E-state index contributed by atoms with van der Waals surface area (Å²) in [5.41, 5.74) is 2.01. The van der Waals surface area contributed by atoms with E-state index in [9.17, 15) is 9.90 Å². The van der Waals surface area contributed by atoms with Crippen molar-refractivity contribution in [3.63, 3.8) is 0 Å². The summed E-state index contributed by atoms with van der Waals surface area (Å²) in [5.74, 6) is 1.43. The number of benzene rings is 1. The highest BCUT2D eigenvalue weighted by Gasteiger charge is 2.32. The van der Waals surface area contributed by atoms with Crippen LogP contribution >= 0.6 is 0 Å². The zero-order valence-corrected chi connectivity index (χ0v) is 14.8. The number of allylic oxidation sites excluding steroid dienone is 1. The van der Waals surface area contributed by atoms with Crippen LogP contribution in [0, 0.1) is 5.92 Å². The van der Waals surface area contributed by atoms with Gasteiger partial charge in [0.1, 0.15) is 11.5 Å². The molecule has 1 saturated heterocycles. The Bertz CT molecular complexity index is 861. The number of carbonyl (C=O) groups is 1. The molecule has 2 aromatic rings. The third-order valence-electron chi connectivity index (χ3n) is 5.02. The number of phenols is 1. The van der Waals surface area contributed by atoms with Crippen molar-refractivity contribution in [2.45, 2.75) is 26.3 Å². The van der Waals surface area contributed by atoms with Crippen LogP contribution in [0.2, 0.25) is 0 Å². The van der Waals surface area contributed by atoms with E-state index in [0.717, 1.165) is 25.1 Å². The minimum atomic E-state index is -0.155. The second kappa shape index (κ2) is 6.92. The molecule has 3 heterocycles. The molecule has 1 aromatic heterocycles. The number of aromatic hydroxyl groups is 1. The lowest BCUT2D eigenvalue weighted by Gasteiger charge is -2.31. The van der Waals surface area contributed by atoms with Gasteiger partial charge in [0.15, 0.2) is 5.76 Å². The van der Waals surface area contributed by atoms with Crippen molar-refractivity contribution in [1.29, 1.82) is 0 Å². The number of aromatic nitrogens is 1. The number of pyridine rings is 1. The van der Waals surface area contributed by atoms with Gasteiger partial charge in [-0.2, -0.15) is 0 Å². The van der Waals surface area contributed by atoms with Crippen LogP contribution in [0.1, 0.15) is 41.3 Å². The third-order valence-corrected chi connectivity index (χ3v) is 5.02. The predicted molar refractivity (Wildman–Crippen MR) is 99.0 cm³/mol. The van der Waals surface area contributed by atoms with Crippen molar-refractivity contribution >= 4 is 11.9 Å². The van der Waals surface area contributed by atoms with Gasteiger partial charge in [-0.05, 0) is 55.1 Å². The molecule has 4 rings (SSSR count). The molecule has 2 aliphatic rings. The molecule has 0 bridgehead atoms. The fraction of sp³-hybridized carbons (Fsp3) is 0.333. The Balaban J connectivity index is 1.64. The van der Waals surface area contributed by atoms with E-state index in [-0.39, 0.29) is 17.3 Å². The van der Waals surface area contributed by atoms with Crippen molar-refractivity contribution in [3.05, 3.63) is 59.1 Å². The zero-order valence-electron chi connectivity index (χ0n) is 14.8. The fourth-order valence-corrected chi connectivity index (χ4v) is 3.72. The molecule has 1 N–H and O–H groups in total. The maximum Gasteiger partial charge on any atom is 0.231 e. The molecule has 2 aliphatic heterocycles. The first-order chi connectivity index (χ1) is 12.6. The Hall–Kier alpha value is -2.66. The smallest absolute Gasteiger partial charge is 0.231 e. The Morgan fingerprint density at radius 1 is 1.38 bits per heavy atom. The van der Waals surface area contributed by atoms with Crippen molar-refractivity contribution in [3.8, 4) is 11.5 Å². The molecular weight excluding hydrogens is 328 g/mol. The van der Waals surface area contributed by atoms with Crippen molar-refractivity contribution in [2.24, 2.45) is 5.92 Å². The number of likely N-dealkylation sites (tertiary alicyclic amines) is 1. The van der Waals surface area contributed by atoms with E-state index in [2.05, 4.69) is 16.8 Å². The third kappa shape index (κ3) is 3.22. The minimum Gasteiger partial charge on any atom is -0.507 e. The lowest BCUT2D eigenvalue weighted by Crippen LogP contribution is -2.33. The summed E-state index contributed by atoms with van der Waals surface area (Å²) in [7, 11) is 0. The van der Waals surface area contributed by atoms with Crippen molar-refractivity contribution < 1.29 is 14.6 Å². The molecule has 134 valence electrons. The number of rotatable bonds is 3. The van der Waals surface area contributed by atoms with Gasteiger partial charge in [0.25, 0.3) is 0 Å². The molecule has 0 amide bonds. The van der Waals surface area contributed by atoms with E-state index in [1.54, 1.807) is 30.6 Å². The normalized spacial score (nSPS) is 21.7. The number of fused-ring (bicyclic) bond motifs is 1. The summed E-state index contributed by atoms with van der Waals surface area (Å²) in [6.45, 7) is 4.83. The lowest BCUT2D eigenvalue weighted by atomic mass is 9.99. The van der Waals surface area contributed by atoms with Crippen molar-refractivity contribution in [1.82, 2.24) is 9.88 Å². The lowest BCUT2D eigenvalue weighted by molar-refractivity contribution is 0.101. The van der Waals surface area contributed by atoms with E-state index in [1.165, 1.54) is 6.42 Å². The quantitative estimate of drug-likeness (QED) is 0.857. The molecule has 26 heavy (non-hydrogen) atoms. The van der Waals surface area contributed by atoms with Gasteiger partial charge in [0, 0.05) is 25.5 Å². The van der Waals surface area contributed by atoms with Crippen LogP contribution in [-0.2, 0) is 6.54 Å². The SMILES string of the molecule is C[C@@H]1CCCN(Cc2c(O)ccc3c2OC(=Cc2cccnc2)C3=O)C1. The largest absolute Gasteiger partial charge is 0.507 e. The highest BCUT2D eigenvalue weighted by molar-refractivity contribution is 6.14. The average Bonchev–Trinajstić information content (AvgIpc) is 2.95. The Morgan fingerprint density at radius 3 is 3.04 bits per heavy atom. The van der Waals surface area contributed by atoms with Crippen molar-refractivity contribution in [2.75, 3.05) is 13.1 Å². The van der Waals surface area contributed by atoms with E-state index >= 15 is 0 Å². The number of nitrogens with zero attached hydrogens (tertiary/aromatic N) is 2. The van der Waals surface area contributed by atoms with Gasteiger partial charge >= 0.3 is 0 Å². The van der Waals surface area contributed by atoms with E-state index in [1.807, 2.05) is 12.1 Å². The number of piperidine rings is 1. The predicted octanol–water partition coefficient (Wildman–Crippen LogP) is 3.64. The van der Waals surface area contributed by atoms with Crippen LogP contribution in [0.3, 0.4) is 0 Å². The average molecular weight is 350 g/mol. The van der Waals surface area contributed by atoms with Crippen LogP contribution in [0.4, 0.5) is 0 Å². The molecule has 0 aliphatic carbocycles. The molecule has 5 heteroatoms. The Morgan fingerprint density at radius 2 is 2.27 bits per heavy atom. The van der Waals surface area contributed by atoms with Gasteiger partial charge in [-0.1, -0.05) is 13.0 Å². The van der Waals surface area contributed by atoms with Crippen LogP contribution < -0.4 is 4.74 Å². The van der Waals surface area contributed by atoms with Gasteiger partial charge in [-0.15, -0.1) is 0 Å². The first-order valence-electron chi connectivity index (χ1n) is 9.03. The summed E-state index contributed by atoms with van der Waals surface area (Å²) in [6, 6.07) is 6.91. The van der Waals surface area contributed by atoms with Crippen LogP contribution in [0.25, 0.3) is 6.08 Å². The monoisotopic (exact) mass is 350 g/mol. The van der Waals surface area contributed by atoms with Crippen LogP contribution in [0.15, 0.2) is 42.4 Å².